The second kappa shape index (κ2) is 6.76. The molecule has 26 heavy (non-hydrogen) atoms. The fraction of sp³-hybridized carbons (Fsp3) is 0.300. The van der Waals surface area contributed by atoms with Crippen LogP contribution in [0, 0.1) is 5.82 Å². The van der Waals surface area contributed by atoms with Crippen LogP contribution in [0.1, 0.15) is 24.0 Å². The van der Waals surface area contributed by atoms with Crippen molar-refractivity contribution in [3.05, 3.63) is 71.5 Å². The third kappa shape index (κ3) is 2.88. The van der Waals surface area contributed by atoms with Crippen LogP contribution in [0.25, 0.3) is 0 Å². The van der Waals surface area contributed by atoms with Crippen LogP contribution in [0.4, 0.5) is 4.39 Å². The Morgan fingerprint density at radius 1 is 1.19 bits per heavy atom. The largest absolute Gasteiger partial charge is 0.350 e. The zero-order valence-corrected chi connectivity index (χ0v) is 15.0. The third-order valence-electron chi connectivity index (χ3n) is 5.03. The molecule has 6 heteroatoms. The van der Waals surface area contributed by atoms with Crippen LogP contribution < -0.4 is 5.32 Å². The molecule has 4 rings (SSSR count). The van der Waals surface area contributed by atoms with E-state index in [1.807, 2.05) is 30.3 Å². The summed E-state index contributed by atoms with van der Waals surface area (Å²) in [6.45, 7) is 0.320. The lowest BCUT2D eigenvalue weighted by Gasteiger charge is -2.34. The summed E-state index contributed by atoms with van der Waals surface area (Å²) in [5.41, 5.74) is 1.90. The summed E-state index contributed by atoms with van der Waals surface area (Å²) in [5.74, 6) is 0.147. The average molecular weight is 370 g/mol. The summed E-state index contributed by atoms with van der Waals surface area (Å²) in [7, 11) is 0. The molecule has 2 aliphatic heterocycles. The topological polar surface area (TPSA) is 49.4 Å². The highest BCUT2D eigenvalue weighted by atomic mass is 32.2. The number of thioether (sulfide) groups is 1. The first kappa shape index (κ1) is 17.1. The van der Waals surface area contributed by atoms with Gasteiger partial charge < -0.3 is 10.2 Å². The van der Waals surface area contributed by atoms with Crippen molar-refractivity contribution in [2.24, 2.45) is 0 Å². The Balaban J connectivity index is 1.51. The molecule has 134 valence electrons. The molecule has 2 saturated heterocycles. The van der Waals surface area contributed by atoms with E-state index in [4.69, 9.17) is 0 Å². The second-order valence-electron chi connectivity index (χ2n) is 6.59. The molecule has 0 spiro atoms. The number of fused-ring (bicyclic) bond motifs is 1. The van der Waals surface area contributed by atoms with Gasteiger partial charge in [0.15, 0.2) is 0 Å². The Kier molecular flexibility index (Phi) is 4.44. The van der Waals surface area contributed by atoms with Crippen molar-refractivity contribution in [3.63, 3.8) is 0 Å². The number of benzene rings is 2. The van der Waals surface area contributed by atoms with E-state index in [0.29, 0.717) is 18.7 Å². The molecule has 2 fully saturated rings. The Hall–Kier alpha value is -2.34. The molecule has 4 nitrogen and oxygen atoms in total. The summed E-state index contributed by atoms with van der Waals surface area (Å²) in [6.07, 6.45) is 1.19. The summed E-state index contributed by atoms with van der Waals surface area (Å²) in [5, 5.41) is 2.89. The molecular weight excluding hydrogens is 351 g/mol. The minimum Gasteiger partial charge on any atom is -0.350 e. The molecule has 2 amide bonds. The van der Waals surface area contributed by atoms with Crippen LogP contribution in [0.2, 0.25) is 0 Å². The predicted octanol–water partition coefficient (Wildman–Crippen LogP) is 3.03. The minimum absolute atomic E-state index is 0.0285. The SMILES string of the molecule is O=C(NCc1ccc(F)cc1)[C@@H]1CS[C@@]2(c3ccccc3)CCC(=O)N12. The molecule has 0 saturated carbocycles. The molecule has 0 unspecified atom stereocenters. The van der Waals surface area contributed by atoms with E-state index in [9.17, 15) is 14.0 Å². The lowest BCUT2D eigenvalue weighted by molar-refractivity contribution is -0.138. The van der Waals surface area contributed by atoms with E-state index in [1.165, 1.54) is 12.1 Å². The van der Waals surface area contributed by atoms with Gasteiger partial charge in [0.1, 0.15) is 16.7 Å². The van der Waals surface area contributed by atoms with E-state index in [0.717, 1.165) is 17.5 Å². The Morgan fingerprint density at radius 3 is 2.65 bits per heavy atom. The van der Waals surface area contributed by atoms with Gasteiger partial charge in [-0.2, -0.15) is 0 Å². The van der Waals surface area contributed by atoms with E-state index >= 15 is 0 Å². The van der Waals surface area contributed by atoms with Crippen molar-refractivity contribution in [1.29, 1.82) is 0 Å². The van der Waals surface area contributed by atoms with Crippen LogP contribution in [-0.4, -0.2) is 28.5 Å². The quantitative estimate of drug-likeness (QED) is 0.900. The van der Waals surface area contributed by atoms with Gasteiger partial charge >= 0.3 is 0 Å². The fourth-order valence-corrected chi connectivity index (χ4v) is 5.40. The van der Waals surface area contributed by atoms with Crippen LogP contribution in [0.5, 0.6) is 0 Å². The molecule has 0 bridgehead atoms. The number of halogens is 1. The van der Waals surface area contributed by atoms with Gasteiger partial charge in [-0.1, -0.05) is 42.5 Å². The first-order valence-corrected chi connectivity index (χ1v) is 9.62. The van der Waals surface area contributed by atoms with Gasteiger partial charge in [-0.25, -0.2) is 4.39 Å². The zero-order chi connectivity index (χ0) is 18.1. The first-order chi connectivity index (χ1) is 12.6. The molecule has 2 atom stereocenters. The maximum Gasteiger partial charge on any atom is 0.244 e. The summed E-state index contributed by atoms with van der Waals surface area (Å²) >= 11 is 1.67. The predicted molar refractivity (Wildman–Crippen MR) is 98.7 cm³/mol. The van der Waals surface area contributed by atoms with E-state index < -0.39 is 10.9 Å². The van der Waals surface area contributed by atoms with Gasteiger partial charge in [0.05, 0.1) is 0 Å². The lowest BCUT2D eigenvalue weighted by atomic mass is 10.0. The van der Waals surface area contributed by atoms with Crippen molar-refractivity contribution < 1.29 is 14.0 Å². The van der Waals surface area contributed by atoms with Gasteiger partial charge in [0, 0.05) is 18.7 Å². The number of carbonyl (C=O) groups excluding carboxylic acids is 2. The maximum absolute atomic E-state index is 13.0. The number of carbonyl (C=O) groups is 2. The second-order valence-corrected chi connectivity index (χ2v) is 7.88. The Morgan fingerprint density at radius 2 is 1.92 bits per heavy atom. The number of nitrogens with zero attached hydrogens (tertiary/aromatic N) is 1. The van der Waals surface area contributed by atoms with E-state index in [1.54, 1.807) is 28.8 Å². The molecule has 0 aromatic heterocycles. The van der Waals surface area contributed by atoms with Gasteiger partial charge in [-0.15, -0.1) is 11.8 Å². The monoisotopic (exact) mass is 370 g/mol. The lowest BCUT2D eigenvalue weighted by Crippen LogP contribution is -2.49. The third-order valence-corrected chi connectivity index (χ3v) is 6.63. The molecule has 1 N–H and O–H groups in total. The highest BCUT2D eigenvalue weighted by Gasteiger charge is 2.56. The number of nitrogens with one attached hydrogen (secondary N) is 1. The normalized spacial score (nSPS) is 24.6. The van der Waals surface area contributed by atoms with Gasteiger partial charge in [-0.3, -0.25) is 9.59 Å². The van der Waals surface area contributed by atoms with E-state index in [2.05, 4.69) is 5.32 Å². The minimum atomic E-state index is -0.476. The van der Waals surface area contributed by atoms with Gasteiger partial charge in [-0.05, 0) is 29.7 Å². The van der Waals surface area contributed by atoms with E-state index in [-0.39, 0.29) is 17.6 Å². The molecular formula is C20H19FN2O2S. The Bertz CT molecular complexity index is 827. The molecule has 0 radical (unpaired) electrons. The van der Waals surface area contributed by atoms with Crippen molar-refractivity contribution in [2.45, 2.75) is 30.3 Å². The van der Waals surface area contributed by atoms with Crippen molar-refractivity contribution in [1.82, 2.24) is 10.2 Å². The summed E-state index contributed by atoms with van der Waals surface area (Å²) in [4.78, 5) is 26.6. The average Bonchev–Trinajstić information content (AvgIpc) is 3.21. The number of hydrogen-bond acceptors (Lipinski definition) is 3. The van der Waals surface area contributed by atoms with Crippen LogP contribution in [-0.2, 0) is 21.0 Å². The summed E-state index contributed by atoms with van der Waals surface area (Å²) < 4.78 is 13.0. The Labute approximate surface area is 155 Å². The fourth-order valence-electron chi connectivity index (χ4n) is 3.74. The van der Waals surface area contributed by atoms with Crippen molar-refractivity contribution in [2.75, 3.05) is 5.75 Å². The number of rotatable bonds is 4. The number of hydrogen-bond donors (Lipinski definition) is 1. The van der Waals surface area contributed by atoms with Gasteiger partial charge in [0.2, 0.25) is 11.8 Å². The van der Waals surface area contributed by atoms with Crippen molar-refractivity contribution in [3.8, 4) is 0 Å². The maximum atomic E-state index is 13.0. The molecule has 2 aromatic carbocycles. The first-order valence-electron chi connectivity index (χ1n) is 8.64. The molecule has 2 aliphatic rings. The van der Waals surface area contributed by atoms with Crippen LogP contribution in [0.3, 0.4) is 0 Å². The number of amides is 2. The van der Waals surface area contributed by atoms with Gasteiger partial charge in [0.25, 0.3) is 0 Å². The highest BCUT2D eigenvalue weighted by Crippen LogP contribution is 2.54. The smallest absolute Gasteiger partial charge is 0.244 e. The molecule has 2 aromatic rings. The van der Waals surface area contributed by atoms with Crippen LogP contribution >= 0.6 is 11.8 Å². The highest BCUT2D eigenvalue weighted by molar-refractivity contribution is 8.00. The standard InChI is InChI=1S/C20H19FN2O2S/c21-16-8-6-14(7-9-16)12-22-19(25)17-13-26-20(11-10-18(24)23(17)20)15-4-2-1-3-5-15/h1-9,17H,10-13H2,(H,22,25)/t17-,20+/m0/s1. The van der Waals surface area contributed by atoms with Crippen molar-refractivity contribution >= 4 is 23.6 Å². The van der Waals surface area contributed by atoms with Crippen LogP contribution in [0.15, 0.2) is 54.6 Å². The zero-order valence-electron chi connectivity index (χ0n) is 14.2. The molecule has 0 aliphatic carbocycles. The summed E-state index contributed by atoms with van der Waals surface area (Å²) in [6, 6.07) is 15.5. The molecule has 2 heterocycles.